The van der Waals surface area contributed by atoms with E-state index in [0.717, 1.165) is 24.1 Å². The fourth-order valence-electron chi connectivity index (χ4n) is 2.56. The third kappa shape index (κ3) is 2.49. The molecule has 0 fully saturated rings. The molecule has 1 aliphatic carbocycles. The van der Waals surface area contributed by atoms with Crippen LogP contribution in [0.25, 0.3) is 11.8 Å². The van der Waals surface area contributed by atoms with Gasteiger partial charge in [-0.1, -0.05) is 6.08 Å². The molecule has 2 aromatic rings. The molecular formula is C15H15N3O3S. The third-order valence-electron chi connectivity index (χ3n) is 3.60. The van der Waals surface area contributed by atoms with Gasteiger partial charge in [0.2, 0.25) is 10.0 Å². The summed E-state index contributed by atoms with van der Waals surface area (Å²) < 4.78 is 24.3. The summed E-state index contributed by atoms with van der Waals surface area (Å²) in [5, 5.41) is 9.48. The number of sulfonamides is 1. The van der Waals surface area contributed by atoms with Crippen LogP contribution in [0.3, 0.4) is 0 Å². The number of primary sulfonamides is 1. The highest BCUT2D eigenvalue weighted by Gasteiger charge is 2.21. The van der Waals surface area contributed by atoms with Crippen molar-refractivity contribution in [3.05, 3.63) is 47.3 Å². The van der Waals surface area contributed by atoms with Gasteiger partial charge < -0.3 is 0 Å². The van der Waals surface area contributed by atoms with Crippen molar-refractivity contribution in [2.75, 3.05) is 0 Å². The first kappa shape index (κ1) is 14.7. The van der Waals surface area contributed by atoms with Crippen molar-refractivity contribution in [3.8, 4) is 5.69 Å². The minimum absolute atomic E-state index is 0.0413. The Hall–Kier alpha value is -2.25. The Morgan fingerprint density at radius 2 is 1.95 bits per heavy atom. The summed E-state index contributed by atoms with van der Waals surface area (Å²) in [5.41, 5.74) is 2.95. The largest absolute Gasteiger partial charge is 0.293 e. The average Bonchev–Trinajstić information content (AvgIpc) is 2.86. The Labute approximate surface area is 128 Å². The zero-order valence-electron chi connectivity index (χ0n) is 12.0. The number of carbonyl (C=O) groups excluding carboxylic acids is 1. The SMILES string of the molecule is CC(=O)c1nn(-c2ccc(S(N)(=O)=O)cc2)c2c1CCC=C2. The van der Waals surface area contributed by atoms with E-state index in [1.165, 1.54) is 19.1 Å². The van der Waals surface area contributed by atoms with E-state index in [0.29, 0.717) is 11.4 Å². The smallest absolute Gasteiger partial charge is 0.238 e. The lowest BCUT2D eigenvalue weighted by atomic mass is 10.00. The van der Waals surface area contributed by atoms with E-state index in [-0.39, 0.29) is 10.7 Å². The van der Waals surface area contributed by atoms with Gasteiger partial charge in [0.15, 0.2) is 5.78 Å². The fourth-order valence-corrected chi connectivity index (χ4v) is 3.08. The molecule has 0 radical (unpaired) electrons. The van der Waals surface area contributed by atoms with E-state index in [9.17, 15) is 13.2 Å². The maximum atomic E-state index is 11.8. The molecule has 0 saturated carbocycles. The van der Waals surface area contributed by atoms with E-state index >= 15 is 0 Å². The van der Waals surface area contributed by atoms with Crippen LogP contribution in [0.1, 0.15) is 35.1 Å². The van der Waals surface area contributed by atoms with Crippen LogP contribution < -0.4 is 5.14 Å². The van der Waals surface area contributed by atoms with E-state index in [1.807, 2.05) is 12.2 Å². The van der Waals surface area contributed by atoms with Crippen molar-refractivity contribution in [2.24, 2.45) is 5.14 Å². The molecule has 0 aliphatic heterocycles. The summed E-state index contributed by atoms with van der Waals surface area (Å²) in [6.07, 6.45) is 5.62. The van der Waals surface area contributed by atoms with Crippen LogP contribution in [0.15, 0.2) is 35.2 Å². The van der Waals surface area contributed by atoms with Crippen LogP contribution in [-0.4, -0.2) is 24.0 Å². The molecule has 0 atom stereocenters. The molecular weight excluding hydrogens is 302 g/mol. The van der Waals surface area contributed by atoms with E-state index < -0.39 is 10.0 Å². The summed E-state index contributed by atoms with van der Waals surface area (Å²) in [4.78, 5) is 11.8. The first-order chi connectivity index (χ1) is 10.4. The van der Waals surface area contributed by atoms with Gasteiger partial charge in [-0.05, 0) is 43.2 Å². The number of rotatable bonds is 3. The second-order valence-corrected chi connectivity index (χ2v) is 6.72. The molecule has 114 valence electrons. The maximum Gasteiger partial charge on any atom is 0.238 e. The average molecular weight is 317 g/mol. The molecule has 0 unspecified atom stereocenters. The number of nitrogens with two attached hydrogens (primary N) is 1. The molecule has 7 heteroatoms. The van der Waals surface area contributed by atoms with Crippen molar-refractivity contribution >= 4 is 21.9 Å². The highest BCUT2D eigenvalue weighted by molar-refractivity contribution is 7.89. The molecule has 0 bridgehead atoms. The van der Waals surface area contributed by atoms with Crippen molar-refractivity contribution in [1.82, 2.24) is 9.78 Å². The number of nitrogens with zero attached hydrogens (tertiary/aromatic N) is 2. The van der Waals surface area contributed by atoms with Gasteiger partial charge in [-0.25, -0.2) is 18.2 Å². The number of benzene rings is 1. The number of ketones is 1. The number of aromatic nitrogens is 2. The highest BCUT2D eigenvalue weighted by atomic mass is 32.2. The number of hydrogen-bond acceptors (Lipinski definition) is 4. The molecule has 3 rings (SSSR count). The molecule has 0 amide bonds. The van der Waals surface area contributed by atoms with Crippen LogP contribution in [0.4, 0.5) is 0 Å². The highest BCUT2D eigenvalue weighted by Crippen LogP contribution is 2.26. The molecule has 0 spiro atoms. The van der Waals surface area contributed by atoms with Gasteiger partial charge in [0.25, 0.3) is 0 Å². The summed E-state index contributed by atoms with van der Waals surface area (Å²) in [7, 11) is -3.73. The van der Waals surface area contributed by atoms with Crippen LogP contribution in [-0.2, 0) is 16.4 Å². The molecule has 22 heavy (non-hydrogen) atoms. The Balaban J connectivity index is 2.13. The monoisotopic (exact) mass is 317 g/mol. The number of Topliss-reactive ketones (excluding diaryl/α,β-unsaturated/α-hetero) is 1. The number of hydrogen-bond donors (Lipinski definition) is 1. The zero-order valence-corrected chi connectivity index (χ0v) is 12.8. The lowest BCUT2D eigenvalue weighted by Crippen LogP contribution is -2.12. The van der Waals surface area contributed by atoms with Crippen LogP contribution >= 0.6 is 0 Å². The first-order valence-electron chi connectivity index (χ1n) is 6.80. The molecule has 1 aromatic carbocycles. The van der Waals surface area contributed by atoms with Gasteiger partial charge in [0.05, 0.1) is 16.3 Å². The number of fused-ring (bicyclic) bond motifs is 1. The second-order valence-electron chi connectivity index (χ2n) is 5.16. The Morgan fingerprint density at radius 1 is 1.27 bits per heavy atom. The van der Waals surface area contributed by atoms with Crippen molar-refractivity contribution in [1.29, 1.82) is 0 Å². The Morgan fingerprint density at radius 3 is 2.55 bits per heavy atom. The number of carbonyl (C=O) groups is 1. The Bertz CT molecular complexity index is 878. The van der Waals surface area contributed by atoms with Gasteiger partial charge in [-0.2, -0.15) is 5.10 Å². The summed E-state index contributed by atoms with van der Waals surface area (Å²) in [5.74, 6) is -0.0774. The topological polar surface area (TPSA) is 95.0 Å². The zero-order chi connectivity index (χ0) is 15.9. The molecule has 0 saturated heterocycles. The number of allylic oxidation sites excluding steroid dienone is 1. The lowest BCUT2D eigenvalue weighted by molar-refractivity contribution is 0.101. The summed E-state index contributed by atoms with van der Waals surface area (Å²) in [6.45, 7) is 1.50. The second kappa shape index (κ2) is 5.19. The predicted molar refractivity (Wildman–Crippen MR) is 82.3 cm³/mol. The van der Waals surface area contributed by atoms with Gasteiger partial charge in [0.1, 0.15) is 5.69 Å². The molecule has 6 nitrogen and oxygen atoms in total. The Kier molecular flexibility index (Phi) is 3.46. The molecule has 2 N–H and O–H groups in total. The molecule has 1 aromatic heterocycles. The quantitative estimate of drug-likeness (QED) is 0.871. The first-order valence-corrected chi connectivity index (χ1v) is 8.35. The molecule has 1 aliphatic rings. The minimum Gasteiger partial charge on any atom is -0.293 e. The predicted octanol–water partition coefficient (Wildman–Crippen LogP) is 1.68. The van der Waals surface area contributed by atoms with Gasteiger partial charge in [0, 0.05) is 12.5 Å². The van der Waals surface area contributed by atoms with E-state index in [2.05, 4.69) is 5.10 Å². The van der Waals surface area contributed by atoms with Crippen LogP contribution in [0.2, 0.25) is 0 Å². The van der Waals surface area contributed by atoms with Crippen molar-refractivity contribution in [2.45, 2.75) is 24.7 Å². The van der Waals surface area contributed by atoms with Gasteiger partial charge in [-0.3, -0.25) is 4.79 Å². The van der Waals surface area contributed by atoms with Crippen molar-refractivity contribution in [3.63, 3.8) is 0 Å². The fraction of sp³-hybridized carbons (Fsp3) is 0.200. The van der Waals surface area contributed by atoms with E-state index in [1.54, 1.807) is 16.8 Å². The minimum atomic E-state index is -3.73. The maximum absolute atomic E-state index is 11.8. The standard InChI is InChI=1S/C15H15N3O3S/c1-10(19)15-13-4-2-3-5-14(13)18(17-15)11-6-8-12(9-7-11)22(16,20)21/h3,5-9H,2,4H2,1H3,(H2,16,20,21). The molecule has 1 heterocycles. The lowest BCUT2D eigenvalue weighted by Gasteiger charge is -2.09. The summed E-state index contributed by atoms with van der Waals surface area (Å²) in [6, 6.07) is 6.11. The van der Waals surface area contributed by atoms with Gasteiger partial charge in [-0.15, -0.1) is 0 Å². The normalized spacial score (nSPS) is 13.9. The third-order valence-corrected chi connectivity index (χ3v) is 4.53. The summed E-state index contributed by atoms with van der Waals surface area (Å²) >= 11 is 0. The van der Waals surface area contributed by atoms with Crippen LogP contribution in [0.5, 0.6) is 0 Å². The van der Waals surface area contributed by atoms with Gasteiger partial charge >= 0.3 is 0 Å². The van der Waals surface area contributed by atoms with Crippen LogP contribution in [0, 0.1) is 0 Å². The van der Waals surface area contributed by atoms with Crippen molar-refractivity contribution < 1.29 is 13.2 Å². The van der Waals surface area contributed by atoms with E-state index in [4.69, 9.17) is 5.14 Å².